The number of nitrogens with zero attached hydrogens (tertiary/aromatic N) is 3. The van der Waals surface area contributed by atoms with Crippen LogP contribution >= 0.6 is 22.6 Å². The first-order valence-corrected chi connectivity index (χ1v) is 7.39. The molecule has 0 unspecified atom stereocenters. The van der Waals surface area contributed by atoms with Gasteiger partial charge in [0.25, 0.3) is 0 Å². The minimum atomic E-state index is 0.310. The summed E-state index contributed by atoms with van der Waals surface area (Å²) in [5.74, 6) is 1.46. The lowest BCUT2D eigenvalue weighted by molar-refractivity contribution is 0.808. The van der Waals surface area contributed by atoms with Crippen LogP contribution < -0.4 is 5.73 Å². The van der Waals surface area contributed by atoms with E-state index in [1.54, 1.807) is 6.20 Å². The van der Waals surface area contributed by atoms with Crippen molar-refractivity contribution >= 4 is 28.4 Å². The van der Waals surface area contributed by atoms with Crippen molar-refractivity contribution in [1.29, 1.82) is 0 Å². The van der Waals surface area contributed by atoms with Crippen LogP contribution in [0.3, 0.4) is 0 Å². The van der Waals surface area contributed by atoms with E-state index >= 15 is 0 Å². The highest BCUT2D eigenvalue weighted by Crippen LogP contribution is 2.27. The van der Waals surface area contributed by atoms with Crippen molar-refractivity contribution in [3.63, 3.8) is 0 Å². The number of rotatable bonds is 3. The van der Waals surface area contributed by atoms with E-state index in [0.717, 1.165) is 26.9 Å². The predicted octanol–water partition coefficient (Wildman–Crippen LogP) is 3.41. The molecule has 2 aromatic heterocycles. The average Bonchev–Trinajstić information content (AvgIpc) is 2.41. The fourth-order valence-corrected chi connectivity index (χ4v) is 2.76. The van der Waals surface area contributed by atoms with Crippen molar-refractivity contribution in [2.45, 2.75) is 33.1 Å². The van der Waals surface area contributed by atoms with E-state index in [1.807, 2.05) is 6.07 Å². The van der Waals surface area contributed by atoms with Gasteiger partial charge in [-0.15, -0.1) is 0 Å². The molecule has 0 atom stereocenters. The second-order valence-electron chi connectivity index (χ2n) is 4.65. The summed E-state index contributed by atoms with van der Waals surface area (Å²) in [4.78, 5) is 13.4. The topological polar surface area (TPSA) is 64.7 Å². The van der Waals surface area contributed by atoms with Crippen LogP contribution in [0.5, 0.6) is 0 Å². The smallest absolute Gasteiger partial charge is 0.180 e. The molecule has 0 amide bonds. The van der Waals surface area contributed by atoms with Gasteiger partial charge < -0.3 is 5.73 Å². The lowest BCUT2D eigenvalue weighted by Gasteiger charge is -2.12. The van der Waals surface area contributed by atoms with E-state index < -0.39 is 0 Å². The van der Waals surface area contributed by atoms with E-state index in [2.05, 4.69) is 64.4 Å². The molecule has 2 rings (SSSR count). The van der Waals surface area contributed by atoms with Gasteiger partial charge in [0, 0.05) is 6.20 Å². The molecule has 0 aliphatic rings. The minimum absolute atomic E-state index is 0.310. The van der Waals surface area contributed by atoms with Crippen molar-refractivity contribution in [2.24, 2.45) is 0 Å². The van der Waals surface area contributed by atoms with Gasteiger partial charge in [-0.25, -0.2) is 9.97 Å². The molecule has 4 nitrogen and oxygen atoms in total. The van der Waals surface area contributed by atoms with Crippen molar-refractivity contribution < 1.29 is 0 Å². The molecule has 2 N–H and O–H groups in total. The lowest BCUT2D eigenvalue weighted by Crippen LogP contribution is -2.07. The fraction of sp³-hybridized carbons (Fsp3) is 0.357. The summed E-state index contributed by atoms with van der Waals surface area (Å²) in [7, 11) is 0. The molecule has 0 aromatic carbocycles. The van der Waals surface area contributed by atoms with E-state index in [4.69, 9.17) is 5.73 Å². The van der Waals surface area contributed by atoms with Gasteiger partial charge in [-0.1, -0.05) is 26.8 Å². The van der Waals surface area contributed by atoms with Crippen LogP contribution in [-0.4, -0.2) is 15.0 Å². The highest BCUT2D eigenvalue weighted by atomic mass is 127. The van der Waals surface area contributed by atoms with E-state index in [9.17, 15) is 0 Å². The molecule has 0 saturated heterocycles. The SMILES string of the molecule is CCc1cccnc1-c1nc(N)c(I)c(C(C)C)n1. The van der Waals surface area contributed by atoms with Crippen LogP contribution in [0.15, 0.2) is 18.3 Å². The van der Waals surface area contributed by atoms with Gasteiger partial charge in [-0.3, -0.25) is 4.98 Å². The molecule has 0 saturated carbocycles. The van der Waals surface area contributed by atoms with Crippen molar-refractivity contribution in [3.05, 3.63) is 33.2 Å². The summed E-state index contributed by atoms with van der Waals surface area (Å²) in [6.07, 6.45) is 2.66. The summed E-state index contributed by atoms with van der Waals surface area (Å²) < 4.78 is 0.935. The van der Waals surface area contributed by atoms with Crippen LogP contribution in [0, 0.1) is 3.57 Å². The number of halogens is 1. The van der Waals surface area contributed by atoms with Gasteiger partial charge in [-0.05, 0) is 46.6 Å². The van der Waals surface area contributed by atoms with Gasteiger partial charge in [0.15, 0.2) is 5.82 Å². The molecule has 0 radical (unpaired) electrons. The van der Waals surface area contributed by atoms with E-state index in [0.29, 0.717) is 17.6 Å². The zero-order valence-corrected chi connectivity index (χ0v) is 13.5. The van der Waals surface area contributed by atoms with Crippen LogP contribution in [0.4, 0.5) is 5.82 Å². The molecule has 2 heterocycles. The van der Waals surface area contributed by atoms with E-state index in [1.165, 1.54) is 0 Å². The molecular formula is C14H17IN4. The molecule has 5 heteroatoms. The molecule has 0 fully saturated rings. The zero-order valence-electron chi connectivity index (χ0n) is 11.3. The van der Waals surface area contributed by atoms with Crippen molar-refractivity contribution in [2.75, 3.05) is 5.73 Å². The number of anilines is 1. The molecule has 100 valence electrons. The molecule has 0 bridgehead atoms. The second-order valence-corrected chi connectivity index (χ2v) is 5.73. The zero-order chi connectivity index (χ0) is 14.0. The van der Waals surface area contributed by atoms with Gasteiger partial charge in [-0.2, -0.15) is 0 Å². The number of pyridine rings is 1. The number of aromatic nitrogens is 3. The van der Waals surface area contributed by atoms with Gasteiger partial charge >= 0.3 is 0 Å². The Morgan fingerprint density at radius 1 is 1.32 bits per heavy atom. The van der Waals surface area contributed by atoms with Crippen LogP contribution in [-0.2, 0) is 6.42 Å². The van der Waals surface area contributed by atoms with Crippen molar-refractivity contribution in [1.82, 2.24) is 15.0 Å². The van der Waals surface area contributed by atoms with Gasteiger partial charge in [0.1, 0.15) is 11.5 Å². The van der Waals surface area contributed by atoms with Crippen LogP contribution in [0.2, 0.25) is 0 Å². The number of hydrogen-bond acceptors (Lipinski definition) is 4. The fourth-order valence-electron chi connectivity index (χ4n) is 1.90. The van der Waals surface area contributed by atoms with Gasteiger partial charge in [0.2, 0.25) is 0 Å². The summed E-state index contributed by atoms with van der Waals surface area (Å²) in [5, 5.41) is 0. The van der Waals surface area contributed by atoms with E-state index in [-0.39, 0.29) is 0 Å². The minimum Gasteiger partial charge on any atom is -0.383 e. The Kier molecular flexibility index (Phi) is 4.34. The molecular weight excluding hydrogens is 351 g/mol. The third kappa shape index (κ3) is 2.86. The average molecular weight is 368 g/mol. The maximum Gasteiger partial charge on any atom is 0.180 e. The Morgan fingerprint density at radius 3 is 2.68 bits per heavy atom. The largest absolute Gasteiger partial charge is 0.383 e. The van der Waals surface area contributed by atoms with Crippen molar-refractivity contribution in [3.8, 4) is 11.5 Å². The summed E-state index contributed by atoms with van der Waals surface area (Å²) in [6, 6.07) is 3.98. The van der Waals surface area contributed by atoms with Crippen LogP contribution in [0.1, 0.15) is 37.9 Å². The number of nitrogens with two attached hydrogens (primary N) is 1. The lowest BCUT2D eigenvalue weighted by atomic mass is 10.1. The first-order valence-electron chi connectivity index (χ1n) is 6.31. The molecule has 0 aliphatic carbocycles. The summed E-state index contributed by atoms with van der Waals surface area (Å²) in [5.41, 5.74) is 8.95. The quantitative estimate of drug-likeness (QED) is 0.844. The Balaban J connectivity index is 2.63. The Bertz CT molecular complexity index is 596. The number of hydrogen-bond donors (Lipinski definition) is 1. The number of nitrogen functional groups attached to an aromatic ring is 1. The Labute approximate surface area is 127 Å². The predicted molar refractivity (Wildman–Crippen MR) is 85.9 cm³/mol. The summed E-state index contributed by atoms with van der Waals surface area (Å²) in [6.45, 7) is 6.31. The highest BCUT2D eigenvalue weighted by Gasteiger charge is 2.16. The Hall–Kier alpha value is -1.24. The molecule has 0 aliphatic heterocycles. The molecule has 0 spiro atoms. The second kappa shape index (κ2) is 5.81. The standard InChI is InChI=1S/C14H17IN4/c1-4-9-6-5-7-17-12(9)14-18-11(8(2)3)10(15)13(16)19-14/h5-8H,4H2,1-3H3,(H2,16,18,19). The molecule has 19 heavy (non-hydrogen) atoms. The maximum absolute atomic E-state index is 6.00. The first-order chi connectivity index (χ1) is 9.04. The summed E-state index contributed by atoms with van der Waals surface area (Å²) >= 11 is 2.20. The third-order valence-electron chi connectivity index (χ3n) is 2.93. The molecule has 2 aromatic rings. The first kappa shape index (κ1) is 14.2. The Morgan fingerprint density at radius 2 is 2.05 bits per heavy atom. The van der Waals surface area contributed by atoms with Crippen LogP contribution in [0.25, 0.3) is 11.5 Å². The monoisotopic (exact) mass is 368 g/mol. The van der Waals surface area contributed by atoms with Gasteiger partial charge in [0.05, 0.1) is 9.26 Å². The number of aryl methyl sites for hydroxylation is 1. The highest BCUT2D eigenvalue weighted by molar-refractivity contribution is 14.1. The third-order valence-corrected chi connectivity index (χ3v) is 4.04. The normalized spacial score (nSPS) is 11.0. The maximum atomic E-state index is 6.00.